The van der Waals surface area contributed by atoms with Gasteiger partial charge in [-0.05, 0) is 26.9 Å². The van der Waals surface area contributed by atoms with Gasteiger partial charge in [0, 0.05) is 12.1 Å². The molecule has 4 nitrogen and oxygen atoms in total. The zero-order valence-corrected chi connectivity index (χ0v) is 10.4. The van der Waals surface area contributed by atoms with Gasteiger partial charge in [0.15, 0.2) is 0 Å². The molecule has 0 amide bonds. The lowest BCUT2D eigenvalue weighted by Gasteiger charge is -2.37. The summed E-state index contributed by atoms with van der Waals surface area (Å²) in [5.74, 6) is 0. The maximum absolute atomic E-state index is 9.68. The third-order valence-electron chi connectivity index (χ3n) is 4.23. The zero-order valence-electron chi connectivity index (χ0n) is 10.4. The summed E-state index contributed by atoms with van der Waals surface area (Å²) in [5, 5.41) is 13.2. The van der Waals surface area contributed by atoms with E-state index in [9.17, 15) is 5.11 Å². The van der Waals surface area contributed by atoms with Crippen molar-refractivity contribution < 1.29 is 9.84 Å². The number of hydrogen-bond acceptors (Lipinski definition) is 4. The van der Waals surface area contributed by atoms with Crippen molar-refractivity contribution in [2.24, 2.45) is 0 Å². The van der Waals surface area contributed by atoms with Crippen LogP contribution in [0.1, 0.15) is 25.7 Å². The van der Waals surface area contributed by atoms with Gasteiger partial charge in [0.25, 0.3) is 0 Å². The molecule has 16 heavy (non-hydrogen) atoms. The highest BCUT2D eigenvalue weighted by atomic mass is 16.5. The van der Waals surface area contributed by atoms with Crippen LogP contribution in [-0.4, -0.2) is 61.5 Å². The normalized spacial score (nSPS) is 33.8. The first-order valence-corrected chi connectivity index (χ1v) is 6.31. The van der Waals surface area contributed by atoms with Crippen molar-refractivity contribution >= 4 is 0 Å². The fourth-order valence-corrected chi connectivity index (χ4v) is 2.87. The molecule has 0 bridgehead atoms. The predicted molar refractivity (Wildman–Crippen MR) is 63.5 cm³/mol. The second-order valence-corrected chi connectivity index (χ2v) is 5.42. The number of aliphatic hydroxyl groups is 1. The second kappa shape index (κ2) is 5.00. The molecule has 1 aliphatic heterocycles. The maximum Gasteiger partial charge on any atom is 0.0948 e. The first-order chi connectivity index (χ1) is 7.64. The number of likely N-dealkylation sites (N-methyl/N-ethyl adjacent to an activating group) is 1. The number of aliphatic hydroxyl groups excluding tert-OH is 1. The minimum Gasteiger partial charge on any atom is -0.389 e. The molecule has 94 valence electrons. The van der Waals surface area contributed by atoms with Gasteiger partial charge in [0.2, 0.25) is 0 Å². The lowest BCUT2D eigenvalue weighted by atomic mass is 9.95. The SMILES string of the molecule is CN(C)C1(CNC2COCC2O)CCCC1. The summed E-state index contributed by atoms with van der Waals surface area (Å²) < 4.78 is 5.25. The van der Waals surface area contributed by atoms with Crippen molar-refractivity contribution in [1.82, 2.24) is 10.2 Å². The van der Waals surface area contributed by atoms with Gasteiger partial charge in [-0.25, -0.2) is 0 Å². The van der Waals surface area contributed by atoms with E-state index >= 15 is 0 Å². The highest BCUT2D eigenvalue weighted by Crippen LogP contribution is 2.33. The summed E-state index contributed by atoms with van der Waals surface area (Å²) in [6.07, 6.45) is 4.83. The molecule has 2 aliphatic rings. The van der Waals surface area contributed by atoms with E-state index in [-0.39, 0.29) is 12.1 Å². The Bertz CT molecular complexity index is 227. The number of rotatable bonds is 4. The Balaban J connectivity index is 1.87. The van der Waals surface area contributed by atoms with Crippen molar-refractivity contribution in [3.05, 3.63) is 0 Å². The van der Waals surface area contributed by atoms with E-state index in [4.69, 9.17) is 4.74 Å². The molecule has 0 aromatic rings. The van der Waals surface area contributed by atoms with Crippen molar-refractivity contribution in [2.75, 3.05) is 33.9 Å². The molecule has 2 fully saturated rings. The van der Waals surface area contributed by atoms with E-state index in [0.29, 0.717) is 18.8 Å². The van der Waals surface area contributed by atoms with E-state index in [1.165, 1.54) is 25.7 Å². The van der Waals surface area contributed by atoms with Gasteiger partial charge in [0.1, 0.15) is 0 Å². The van der Waals surface area contributed by atoms with Crippen LogP contribution >= 0.6 is 0 Å². The van der Waals surface area contributed by atoms with Crippen molar-refractivity contribution in [3.63, 3.8) is 0 Å². The Labute approximate surface area is 98.0 Å². The van der Waals surface area contributed by atoms with Crippen molar-refractivity contribution in [2.45, 2.75) is 43.4 Å². The average Bonchev–Trinajstić information content (AvgIpc) is 2.84. The first-order valence-electron chi connectivity index (χ1n) is 6.31. The molecule has 0 spiro atoms. The molecule has 1 saturated carbocycles. The lowest BCUT2D eigenvalue weighted by molar-refractivity contribution is 0.114. The summed E-state index contributed by atoms with van der Waals surface area (Å²) >= 11 is 0. The smallest absolute Gasteiger partial charge is 0.0948 e. The summed E-state index contributed by atoms with van der Waals surface area (Å²) in [7, 11) is 4.32. The van der Waals surface area contributed by atoms with Crippen LogP contribution in [0.3, 0.4) is 0 Å². The monoisotopic (exact) mass is 228 g/mol. The average molecular weight is 228 g/mol. The predicted octanol–water partition coefficient (Wildman–Crippen LogP) is 0.210. The number of nitrogens with zero attached hydrogens (tertiary/aromatic N) is 1. The van der Waals surface area contributed by atoms with Crippen LogP contribution in [0.5, 0.6) is 0 Å². The quantitative estimate of drug-likeness (QED) is 0.722. The minimum absolute atomic E-state index is 0.123. The molecule has 2 atom stereocenters. The molecule has 2 unspecified atom stereocenters. The highest BCUT2D eigenvalue weighted by molar-refractivity contribution is 4.96. The minimum atomic E-state index is -0.333. The Kier molecular flexibility index (Phi) is 3.85. The second-order valence-electron chi connectivity index (χ2n) is 5.42. The summed E-state index contributed by atoms with van der Waals surface area (Å²) in [5.41, 5.74) is 0.294. The van der Waals surface area contributed by atoms with Crippen molar-refractivity contribution in [3.8, 4) is 0 Å². The molecule has 4 heteroatoms. The molecule has 2 rings (SSSR count). The molecule has 1 aliphatic carbocycles. The number of hydrogen-bond donors (Lipinski definition) is 2. The van der Waals surface area contributed by atoms with Crippen LogP contribution in [0.15, 0.2) is 0 Å². The standard InChI is InChI=1S/C12H24N2O2/c1-14(2)12(5-3-4-6-12)9-13-10-7-16-8-11(10)15/h10-11,13,15H,3-9H2,1-2H3. The van der Waals surface area contributed by atoms with Crippen LogP contribution in [0.2, 0.25) is 0 Å². The van der Waals surface area contributed by atoms with Crippen LogP contribution in [-0.2, 0) is 4.74 Å². The fourth-order valence-electron chi connectivity index (χ4n) is 2.87. The molecule has 2 N–H and O–H groups in total. The van der Waals surface area contributed by atoms with Crippen LogP contribution in [0, 0.1) is 0 Å². The Morgan fingerprint density at radius 3 is 2.50 bits per heavy atom. The van der Waals surface area contributed by atoms with E-state index in [1.807, 2.05) is 0 Å². The largest absolute Gasteiger partial charge is 0.389 e. The summed E-state index contributed by atoms with van der Waals surface area (Å²) in [4.78, 5) is 2.34. The van der Waals surface area contributed by atoms with Crippen molar-refractivity contribution in [1.29, 1.82) is 0 Å². The van der Waals surface area contributed by atoms with Crippen LogP contribution in [0.25, 0.3) is 0 Å². The molecule has 0 aromatic carbocycles. The Hall–Kier alpha value is -0.160. The fraction of sp³-hybridized carbons (Fsp3) is 1.00. The Morgan fingerprint density at radius 2 is 2.00 bits per heavy atom. The van der Waals surface area contributed by atoms with E-state index in [0.717, 1.165) is 6.54 Å². The molecule has 1 saturated heterocycles. The highest BCUT2D eigenvalue weighted by Gasteiger charge is 2.37. The molecule has 1 heterocycles. The van der Waals surface area contributed by atoms with Gasteiger partial charge in [-0.3, -0.25) is 0 Å². The number of nitrogens with one attached hydrogen (secondary N) is 1. The van der Waals surface area contributed by atoms with E-state index in [1.54, 1.807) is 0 Å². The Morgan fingerprint density at radius 1 is 1.31 bits per heavy atom. The molecular weight excluding hydrogens is 204 g/mol. The van der Waals surface area contributed by atoms with Gasteiger partial charge < -0.3 is 20.1 Å². The molecule has 0 aromatic heterocycles. The van der Waals surface area contributed by atoms with Crippen LogP contribution in [0.4, 0.5) is 0 Å². The van der Waals surface area contributed by atoms with Crippen LogP contribution < -0.4 is 5.32 Å². The molecular formula is C12H24N2O2. The van der Waals surface area contributed by atoms with E-state index in [2.05, 4.69) is 24.3 Å². The third-order valence-corrected chi connectivity index (χ3v) is 4.23. The lowest BCUT2D eigenvalue weighted by Crippen LogP contribution is -2.53. The third kappa shape index (κ3) is 2.40. The topological polar surface area (TPSA) is 44.7 Å². The number of ether oxygens (including phenoxy) is 1. The van der Waals surface area contributed by atoms with Gasteiger partial charge in [-0.1, -0.05) is 12.8 Å². The van der Waals surface area contributed by atoms with Gasteiger partial charge >= 0.3 is 0 Å². The van der Waals surface area contributed by atoms with E-state index < -0.39 is 0 Å². The zero-order chi connectivity index (χ0) is 11.6. The summed E-state index contributed by atoms with van der Waals surface area (Å²) in [6, 6.07) is 0.123. The first kappa shape index (κ1) is 12.3. The molecule has 0 radical (unpaired) electrons. The van der Waals surface area contributed by atoms with Gasteiger partial charge in [0.05, 0.1) is 25.4 Å². The van der Waals surface area contributed by atoms with Gasteiger partial charge in [-0.2, -0.15) is 0 Å². The maximum atomic E-state index is 9.68. The summed E-state index contributed by atoms with van der Waals surface area (Å²) in [6.45, 7) is 2.09. The van der Waals surface area contributed by atoms with Gasteiger partial charge in [-0.15, -0.1) is 0 Å².